The molecule has 0 saturated carbocycles. The number of aromatic amines is 1. The molecule has 0 aliphatic heterocycles. The Kier molecular flexibility index (Phi) is 2.12. The van der Waals surface area contributed by atoms with Crippen LogP contribution in [-0.4, -0.2) is 4.98 Å². The molecule has 0 atom stereocenters. The monoisotopic (exact) mass is 187 g/mol. The van der Waals surface area contributed by atoms with E-state index in [1.807, 2.05) is 13.0 Å². The summed E-state index contributed by atoms with van der Waals surface area (Å²) in [7, 11) is 0. The molecule has 0 radical (unpaired) electrons. The van der Waals surface area contributed by atoms with E-state index in [0.717, 1.165) is 22.9 Å². The second kappa shape index (κ2) is 3.29. The van der Waals surface area contributed by atoms with Crippen LogP contribution < -0.4 is 5.56 Å². The van der Waals surface area contributed by atoms with Crippen molar-refractivity contribution in [3.8, 4) is 0 Å². The van der Waals surface area contributed by atoms with Gasteiger partial charge in [0.25, 0.3) is 0 Å². The molecule has 1 heterocycles. The van der Waals surface area contributed by atoms with Crippen LogP contribution in [0.25, 0.3) is 10.9 Å². The van der Waals surface area contributed by atoms with Gasteiger partial charge in [0.1, 0.15) is 0 Å². The SMILES string of the molecule is CCc1ccc2[nH]c(=O)cc(C)c2c1. The zero-order chi connectivity index (χ0) is 10.1. The van der Waals surface area contributed by atoms with Gasteiger partial charge in [-0.15, -0.1) is 0 Å². The van der Waals surface area contributed by atoms with Crippen LogP contribution >= 0.6 is 0 Å². The highest BCUT2D eigenvalue weighted by Gasteiger charge is 1.99. The zero-order valence-corrected chi connectivity index (χ0v) is 8.42. The molecule has 0 saturated heterocycles. The van der Waals surface area contributed by atoms with E-state index in [4.69, 9.17) is 0 Å². The first-order valence-corrected chi connectivity index (χ1v) is 4.83. The molecular weight excluding hydrogens is 174 g/mol. The molecular formula is C12H13NO. The summed E-state index contributed by atoms with van der Waals surface area (Å²) in [6.45, 7) is 4.10. The molecule has 14 heavy (non-hydrogen) atoms. The Morgan fingerprint density at radius 2 is 2.07 bits per heavy atom. The summed E-state index contributed by atoms with van der Waals surface area (Å²) in [5.41, 5.74) is 3.23. The Hall–Kier alpha value is -1.57. The molecule has 0 aliphatic rings. The van der Waals surface area contributed by atoms with E-state index in [1.165, 1.54) is 5.56 Å². The quantitative estimate of drug-likeness (QED) is 0.730. The van der Waals surface area contributed by atoms with Crippen molar-refractivity contribution in [1.82, 2.24) is 4.98 Å². The van der Waals surface area contributed by atoms with Gasteiger partial charge in [0, 0.05) is 17.0 Å². The number of aromatic nitrogens is 1. The maximum Gasteiger partial charge on any atom is 0.248 e. The minimum Gasteiger partial charge on any atom is -0.322 e. The van der Waals surface area contributed by atoms with Gasteiger partial charge in [0.15, 0.2) is 0 Å². The van der Waals surface area contributed by atoms with Gasteiger partial charge in [-0.1, -0.05) is 13.0 Å². The molecule has 0 bridgehead atoms. The molecule has 2 rings (SSSR count). The third-order valence-electron chi connectivity index (χ3n) is 2.52. The van der Waals surface area contributed by atoms with Crippen molar-refractivity contribution in [2.24, 2.45) is 0 Å². The average molecular weight is 187 g/mol. The van der Waals surface area contributed by atoms with E-state index < -0.39 is 0 Å². The summed E-state index contributed by atoms with van der Waals surface area (Å²) in [4.78, 5) is 14.0. The minimum absolute atomic E-state index is 0.0285. The van der Waals surface area contributed by atoms with E-state index >= 15 is 0 Å². The van der Waals surface area contributed by atoms with Crippen molar-refractivity contribution in [3.05, 3.63) is 45.7 Å². The molecule has 0 spiro atoms. The normalized spacial score (nSPS) is 10.7. The smallest absolute Gasteiger partial charge is 0.248 e. The standard InChI is InChI=1S/C12H13NO/c1-3-9-4-5-11-10(7-9)8(2)6-12(14)13-11/h4-7H,3H2,1-2H3,(H,13,14). The Morgan fingerprint density at radius 3 is 2.79 bits per heavy atom. The number of hydrogen-bond donors (Lipinski definition) is 1. The number of rotatable bonds is 1. The molecule has 0 amide bonds. The molecule has 0 unspecified atom stereocenters. The van der Waals surface area contributed by atoms with Gasteiger partial charge in [-0.3, -0.25) is 4.79 Å². The van der Waals surface area contributed by atoms with E-state index in [0.29, 0.717) is 0 Å². The lowest BCUT2D eigenvalue weighted by Gasteiger charge is -2.03. The molecule has 2 aromatic rings. The number of aryl methyl sites for hydroxylation is 2. The van der Waals surface area contributed by atoms with Gasteiger partial charge in [-0.2, -0.15) is 0 Å². The van der Waals surface area contributed by atoms with Crippen LogP contribution in [0.15, 0.2) is 29.1 Å². The topological polar surface area (TPSA) is 32.9 Å². The highest BCUT2D eigenvalue weighted by molar-refractivity contribution is 5.82. The summed E-state index contributed by atoms with van der Waals surface area (Å²) >= 11 is 0. The van der Waals surface area contributed by atoms with Gasteiger partial charge in [0.2, 0.25) is 5.56 Å². The Bertz CT molecular complexity index is 525. The van der Waals surface area contributed by atoms with Crippen LogP contribution in [0.2, 0.25) is 0 Å². The first-order valence-electron chi connectivity index (χ1n) is 4.83. The highest BCUT2D eigenvalue weighted by Crippen LogP contribution is 2.16. The Balaban J connectivity index is 2.82. The fourth-order valence-corrected chi connectivity index (χ4v) is 1.69. The Morgan fingerprint density at radius 1 is 1.29 bits per heavy atom. The second-order valence-corrected chi connectivity index (χ2v) is 3.55. The molecule has 1 N–H and O–H groups in total. The predicted octanol–water partition coefficient (Wildman–Crippen LogP) is 2.40. The Labute approximate surface area is 82.6 Å². The van der Waals surface area contributed by atoms with Crippen molar-refractivity contribution in [2.75, 3.05) is 0 Å². The van der Waals surface area contributed by atoms with Crippen molar-refractivity contribution < 1.29 is 0 Å². The molecule has 2 nitrogen and oxygen atoms in total. The zero-order valence-electron chi connectivity index (χ0n) is 8.42. The summed E-state index contributed by atoms with van der Waals surface area (Å²) < 4.78 is 0. The number of H-pyrrole nitrogens is 1. The van der Waals surface area contributed by atoms with Gasteiger partial charge < -0.3 is 4.98 Å². The van der Waals surface area contributed by atoms with Gasteiger partial charge in [-0.25, -0.2) is 0 Å². The number of pyridine rings is 1. The molecule has 72 valence electrons. The van der Waals surface area contributed by atoms with Crippen LogP contribution in [0.5, 0.6) is 0 Å². The maximum absolute atomic E-state index is 11.2. The maximum atomic E-state index is 11.2. The predicted molar refractivity (Wildman–Crippen MR) is 58.7 cm³/mol. The van der Waals surface area contributed by atoms with Crippen molar-refractivity contribution >= 4 is 10.9 Å². The lowest BCUT2D eigenvalue weighted by Crippen LogP contribution is -2.04. The van der Waals surface area contributed by atoms with Crippen molar-refractivity contribution in [3.63, 3.8) is 0 Å². The van der Waals surface area contributed by atoms with Crippen LogP contribution in [0.1, 0.15) is 18.1 Å². The fourth-order valence-electron chi connectivity index (χ4n) is 1.69. The number of fused-ring (bicyclic) bond motifs is 1. The fraction of sp³-hybridized carbons (Fsp3) is 0.250. The van der Waals surface area contributed by atoms with Gasteiger partial charge >= 0.3 is 0 Å². The van der Waals surface area contributed by atoms with Crippen LogP contribution in [-0.2, 0) is 6.42 Å². The lowest BCUT2D eigenvalue weighted by molar-refractivity contribution is 1.14. The van der Waals surface area contributed by atoms with Crippen molar-refractivity contribution in [2.45, 2.75) is 20.3 Å². The number of benzene rings is 1. The van der Waals surface area contributed by atoms with E-state index in [-0.39, 0.29) is 5.56 Å². The summed E-state index contributed by atoms with van der Waals surface area (Å²) in [5.74, 6) is 0. The molecule has 2 heteroatoms. The molecule has 0 aliphatic carbocycles. The third kappa shape index (κ3) is 1.43. The minimum atomic E-state index is -0.0285. The molecule has 0 fully saturated rings. The summed E-state index contributed by atoms with van der Waals surface area (Å²) in [6.07, 6.45) is 1.02. The second-order valence-electron chi connectivity index (χ2n) is 3.55. The number of hydrogen-bond acceptors (Lipinski definition) is 1. The van der Waals surface area contributed by atoms with Crippen LogP contribution in [0.4, 0.5) is 0 Å². The van der Waals surface area contributed by atoms with E-state index in [9.17, 15) is 4.79 Å². The number of nitrogens with one attached hydrogen (secondary N) is 1. The van der Waals surface area contributed by atoms with Crippen LogP contribution in [0.3, 0.4) is 0 Å². The summed E-state index contributed by atoms with van der Waals surface area (Å²) in [6, 6.07) is 7.81. The molecule has 1 aromatic heterocycles. The van der Waals surface area contributed by atoms with Gasteiger partial charge in [-0.05, 0) is 36.6 Å². The first-order chi connectivity index (χ1) is 6.70. The highest BCUT2D eigenvalue weighted by atomic mass is 16.1. The van der Waals surface area contributed by atoms with E-state index in [1.54, 1.807) is 6.07 Å². The molecule has 1 aromatic carbocycles. The van der Waals surface area contributed by atoms with Crippen molar-refractivity contribution in [1.29, 1.82) is 0 Å². The lowest BCUT2D eigenvalue weighted by atomic mass is 10.1. The van der Waals surface area contributed by atoms with Crippen LogP contribution in [0, 0.1) is 6.92 Å². The third-order valence-corrected chi connectivity index (χ3v) is 2.52. The summed E-state index contributed by atoms with van der Waals surface area (Å²) in [5, 5.41) is 1.14. The van der Waals surface area contributed by atoms with Gasteiger partial charge in [0.05, 0.1) is 0 Å². The van der Waals surface area contributed by atoms with E-state index in [2.05, 4.69) is 24.0 Å². The largest absolute Gasteiger partial charge is 0.322 e. The first kappa shape index (κ1) is 9.00. The average Bonchev–Trinajstić information content (AvgIpc) is 2.17.